The minimum absolute atomic E-state index is 0.146. The zero-order valence-corrected chi connectivity index (χ0v) is 10.3. The second-order valence-electron chi connectivity index (χ2n) is 3.33. The summed E-state index contributed by atoms with van der Waals surface area (Å²) in [5.74, 6) is -1.75. The predicted molar refractivity (Wildman–Crippen MR) is 63.1 cm³/mol. The molecule has 1 aromatic rings. The van der Waals surface area contributed by atoms with Crippen LogP contribution < -0.4 is 10.0 Å². The third-order valence-corrected chi connectivity index (χ3v) is 3.45. The van der Waals surface area contributed by atoms with Gasteiger partial charge < -0.3 is 5.32 Å². The van der Waals surface area contributed by atoms with Crippen molar-refractivity contribution < 1.29 is 17.6 Å². The van der Waals surface area contributed by atoms with E-state index >= 15 is 0 Å². The molecule has 0 bridgehead atoms. The van der Waals surface area contributed by atoms with Crippen molar-refractivity contribution in [2.75, 3.05) is 25.2 Å². The lowest BCUT2D eigenvalue weighted by atomic mass is 10.1. The Morgan fingerprint density at radius 2 is 2.00 bits per heavy atom. The molecule has 0 aliphatic rings. The largest absolute Gasteiger partial charge is 0.387 e. The number of carbonyl (C=O) groups is 1. The Morgan fingerprint density at radius 3 is 2.53 bits per heavy atom. The highest BCUT2D eigenvalue weighted by molar-refractivity contribution is 7.90. The maximum absolute atomic E-state index is 12.9. The van der Waals surface area contributed by atoms with Crippen molar-refractivity contribution in [3.05, 3.63) is 29.6 Å². The summed E-state index contributed by atoms with van der Waals surface area (Å²) < 4.78 is 37.4. The first-order valence-electron chi connectivity index (χ1n) is 4.81. The Bertz CT molecular complexity index is 528. The molecular weight excluding hydrogens is 247 g/mol. The second kappa shape index (κ2) is 5.24. The van der Waals surface area contributed by atoms with Gasteiger partial charge in [-0.25, -0.2) is 17.5 Å². The van der Waals surface area contributed by atoms with Gasteiger partial charge in [-0.05, 0) is 25.2 Å². The number of Topliss-reactive ketones (excluding diaryl/α,β-unsaturated/α-hetero) is 1. The van der Waals surface area contributed by atoms with E-state index in [1.54, 1.807) is 0 Å². The normalized spacial score (nSPS) is 11.2. The fraction of sp³-hybridized carbons (Fsp3) is 0.300. The first-order chi connectivity index (χ1) is 7.89. The molecule has 0 heterocycles. The maximum atomic E-state index is 12.9. The SMILES string of the molecule is CNc1cc(F)ccc1C(=O)CS(=O)(=O)NC. The molecule has 0 radical (unpaired) electrons. The average Bonchev–Trinajstić information content (AvgIpc) is 2.28. The number of hydrogen-bond acceptors (Lipinski definition) is 4. The Hall–Kier alpha value is -1.47. The van der Waals surface area contributed by atoms with Gasteiger partial charge in [-0.3, -0.25) is 4.79 Å². The molecule has 1 rings (SSSR count). The minimum atomic E-state index is -3.62. The first-order valence-corrected chi connectivity index (χ1v) is 6.46. The molecule has 7 heteroatoms. The van der Waals surface area contributed by atoms with Crippen molar-refractivity contribution in [3.63, 3.8) is 0 Å². The molecule has 0 amide bonds. The number of benzene rings is 1. The van der Waals surface area contributed by atoms with E-state index in [9.17, 15) is 17.6 Å². The molecule has 5 nitrogen and oxygen atoms in total. The van der Waals surface area contributed by atoms with Crippen molar-refractivity contribution in [2.24, 2.45) is 0 Å². The van der Waals surface area contributed by atoms with Gasteiger partial charge in [0.1, 0.15) is 11.6 Å². The van der Waals surface area contributed by atoms with Crippen LogP contribution in [0.4, 0.5) is 10.1 Å². The van der Waals surface area contributed by atoms with Gasteiger partial charge in [0.15, 0.2) is 5.78 Å². The lowest BCUT2D eigenvalue weighted by Gasteiger charge is -2.08. The maximum Gasteiger partial charge on any atom is 0.218 e. The molecule has 2 N–H and O–H groups in total. The summed E-state index contributed by atoms with van der Waals surface area (Å²) in [6, 6.07) is 3.51. The topological polar surface area (TPSA) is 75.3 Å². The number of rotatable bonds is 5. The molecule has 0 aromatic heterocycles. The Morgan fingerprint density at radius 1 is 1.35 bits per heavy atom. The molecule has 0 fully saturated rings. The van der Waals surface area contributed by atoms with Gasteiger partial charge in [-0.15, -0.1) is 0 Å². The van der Waals surface area contributed by atoms with Crippen molar-refractivity contribution >= 4 is 21.5 Å². The van der Waals surface area contributed by atoms with Gasteiger partial charge in [0.2, 0.25) is 10.0 Å². The Balaban J connectivity index is 3.05. The number of sulfonamides is 1. The van der Waals surface area contributed by atoms with Crippen molar-refractivity contribution in [3.8, 4) is 0 Å². The van der Waals surface area contributed by atoms with Crippen LogP contribution in [-0.4, -0.2) is 34.0 Å². The van der Waals surface area contributed by atoms with Crippen LogP contribution in [-0.2, 0) is 10.0 Å². The summed E-state index contributed by atoms with van der Waals surface area (Å²) in [5.41, 5.74) is 0.411. The molecular formula is C10H13FN2O3S. The van der Waals surface area contributed by atoms with Gasteiger partial charge in [0.25, 0.3) is 0 Å². The number of ketones is 1. The fourth-order valence-corrected chi connectivity index (χ4v) is 1.93. The first kappa shape index (κ1) is 13.6. The van der Waals surface area contributed by atoms with Gasteiger partial charge >= 0.3 is 0 Å². The van der Waals surface area contributed by atoms with E-state index in [2.05, 4.69) is 5.32 Å². The minimum Gasteiger partial charge on any atom is -0.387 e. The average molecular weight is 260 g/mol. The second-order valence-corrected chi connectivity index (χ2v) is 5.25. The van der Waals surface area contributed by atoms with Crippen molar-refractivity contribution in [1.29, 1.82) is 0 Å². The summed E-state index contributed by atoms with van der Waals surface area (Å²) in [6.45, 7) is 0. The predicted octanol–water partition coefficient (Wildman–Crippen LogP) is 0.599. The van der Waals surface area contributed by atoms with E-state index in [0.717, 1.165) is 12.1 Å². The van der Waals surface area contributed by atoms with Gasteiger partial charge in [0.05, 0.1) is 0 Å². The Kier molecular flexibility index (Phi) is 4.19. The van der Waals surface area contributed by atoms with E-state index in [0.29, 0.717) is 0 Å². The number of anilines is 1. The summed E-state index contributed by atoms with van der Waals surface area (Å²) in [5, 5.41) is 2.65. The lowest BCUT2D eigenvalue weighted by Crippen LogP contribution is -2.27. The number of nitrogens with one attached hydrogen (secondary N) is 2. The number of carbonyl (C=O) groups excluding carboxylic acids is 1. The monoisotopic (exact) mass is 260 g/mol. The molecule has 1 aromatic carbocycles. The molecule has 0 saturated carbocycles. The molecule has 0 aliphatic carbocycles. The molecule has 94 valence electrons. The van der Waals surface area contributed by atoms with Gasteiger partial charge in [-0.2, -0.15) is 0 Å². The van der Waals surface area contributed by atoms with Crippen LogP contribution >= 0.6 is 0 Å². The quantitative estimate of drug-likeness (QED) is 0.760. The zero-order valence-electron chi connectivity index (χ0n) is 9.45. The summed E-state index contributed by atoms with van der Waals surface area (Å²) >= 11 is 0. The van der Waals surface area contributed by atoms with Gasteiger partial charge in [-0.1, -0.05) is 0 Å². The van der Waals surface area contributed by atoms with E-state index < -0.39 is 27.4 Å². The van der Waals surface area contributed by atoms with E-state index in [1.807, 2.05) is 4.72 Å². The van der Waals surface area contributed by atoms with Crippen molar-refractivity contribution in [2.45, 2.75) is 0 Å². The molecule has 17 heavy (non-hydrogen) atoms. The third kappa shape index (κ3) is 3.50. The molecule has 0 atom stereocenters. The van der Waals surface area contributed by atoms with Crippen LogP contribution in [0.2, 0.25) is 0 Å². The Labute approximate surface area is 99.1 Å². The molecule has 0 spiro atoms. The zero-order chi connectivity index (χ0) is 13.1. The van der Waals surface area contributed by atoms with Crippen LogP contribution in [0.3, 0.4) is 0 Å². The van der Waals surface area contributed by atoms with Crippen LogP contribution in [0.5, 0.6) is 0 Å². The summed E-state index contributed by atoms with van der Waals surface area (Å²) in [6.07, 6.45) is 0. The lowest BCUT2D eigenvalue weighted by molar-refractivity contribution is 0.102. The smallest absolute Gasteiger partial charge is 0.218 e. The molecule has 0 unspecified atom stereocenters. The standard InChI is InChI=1S/C10H13FN2O3S/c1-12-9-5-7(11)3-4-8(9)10(14)6-17(15,16)13-2/h3-5,12-13H,6H2,1-2H3. The number of hydrogen-bond donors (Lipinski definition) is 2. The van der Waals surface area contributed by atoms with Crippen LogP contribution in [0, 0.1) is 5.82 Å². The van der Waals surface area contributed by atoms with Crippen LogP contribution in [0.15, 0.2) is 18.2 Å². The van der Waals surface area contributed by atoms with Crippen LogP contribution in [0.25, 0.3) is 0 Å². The number of halogens is 1. The highest BCUT2D eigenvalue weighted by atomic mass is 32.2. The van der Waals surface area contributed by atoms with Crippen LogP contribution in [0.1, 0.15) is 10.4 Å². The highest BCUT2D eigenvalue weighted by Gasteiger charge is 2.18. The van der Waals surface area contributed by atoms with E-state index in [4.69, 9.17) is 0 Å². The molecule has 0 aliphatic heterocycles. The fourth-order valence-electron chi connectivity index (χ4n) is 1.29. The van der Waals surface area contributed by atoms with E-state index in [-0.39, 0.29) is 11.3 Å². The molecule has 0 saturated heterocycles. The van der Waals surface area contributed by atoms with Crippen molar-refractivity contribution in [1.82, 2.24) is 4.72 Å². The highest BCUT2D eigenvalue weighted by Crippen LogP contribution is 2.17. The van der Waals surface area contributed by atoms with E-state index in [1.165, 1.54) is 20.2 Å². The van der Waals surface area contributed by atoms with Gasteiger partial charge in [0, 0.05) is 18.3 Å². The summed E-state index contributed by atoms with van der Waals surface area (Å²) in [4.78, 5) is 11.7. The summed E-state index contributed by atoms with van der Waals surface area (Å²) in [7, 11) is -0.869. The third-order valence-electron chi connectivity index (χ3n) is 2.18.